The summed E-state index contributed by atoms with van der Waals surface area (Å²) in [5.74, 6) is -0.0400. The zero-order valence-electron chi connectivity index (χ0n) is 18.8. The lowest BCUT2D eigenvalue weighted by atomic mass is 10.2. The molecule has 0 spiro atoms. The first-order valence-electron chi connectivity index (χ1n) is 10.9. The molecule has 0 aromatic heterocycles. The minimum absolute atomic E-state index is 0.1000. The summed E-state index contributed by atoms with van der Waals surface area (Å²) in [5.41, 5.74) is 0.865. The molecular formula is C25H26FN3O4S. The van der Waals surface area contributed by atoms with Crippen molar-refractivity contribution in [3.05, 3.63) is 84.7 Å². The maximum absolute atomic E-state index is 14.1. The average Bonchev–Trinajstić information content (AvgIpc) is 2.88. The molecule has 1 heterocycles. The molecule has 7 nitrogen and oxygen atoms in total. The summed E-state index contributed by atoms with van der Waals surface area (Å²) in [6.45, 7) is 1.31. The fourth-order valence-corrected chi connectivity index (χ4v) is 5.35. The van der Waals surface area contributed by atoms with Crippen LogP contribution in [-0.2, 0) is 14.8 Å². The predicted octanol–water partition coefficient (Wildman–Crippen LogP) is 3.38. The van der Waals surface area contributed by atoms with E-state index in [1.54, 1.807) is 65.6 Å². The van der Waals surface area contributed by atoms with Crippen molar-refractivity contribution >= 4 is 27.3 Å². The van der Waals surface area contributed by atoms with Gasteiger partial charge in [0.15, 0.2) is 0 Å². The van der Waals surface area contributed by atoms with Crippen molar-refractivity contribution in [1.82, 2.24) is 4.90 Å². The van der Waals surface area contributed by atoms with Crippen LogP contribution in [0.3, 0.4) is 0 Å². The lowest BCUT2D eigenvalue weighted by Gasteiger charge is -2.37. The molecule has 0 atom stereocenters. The summed E-state index contributed by atoms with van der Waals surface area (Å²) in [6.07, 6.45) is 0. The Bertz CT molecular complexity index is 1230. The molecule has 1 fully saturated rings. The van der Waals surface area contributed by atoms with E-state index in [9.17, 15) is 17.6 Å². The van der Waals surface area contributed by atoms with Gasteiger partial charge in [0.25, 0.3) is 10.0 Å². The lowest BCUT2D eigenvalue weighted by molar-refractivity contribution is -0.129. The minimum atomic E-state index is -3.98. The van der Waals surface area contributed by atoms with Gasteiger partial charge >= 0.3 is 0 Å². The molecule has 0 bridgehead atoms. The number of amides is 1. The fourth-order valence-electron chi connectivity index (χ4n) is 3.91. The number of methoxy groups -OCH3 is 1. The van der Waals surface area contributed by atoms with Gasteiger partial charge < -0.3 is 14.5 Å². The number of carbonyl (C=O) groups is 1. The number of carbonyl (C=O) groups excluding carboxylic acids is 1. The third kappa shape index (κ3) is 4.99. The fraction of sp³-hybridized carbons (Fsp3) is 0.240. The maximum atomic E-state index is 14.1. The van der Waals surface area contributed by atoms with Crippen molar-refractivity contribution in [3.63, 3.8) is 0 Å². The van der Waals surface area contributed by atoms with E-state index in [0.717, 1.165) is 4.31 Å². The highest BCUT2D eigenvalue weighted by molar-refractivity contribution is 7.92. The average molecular weight is 484 g/mol. The first-order chi connectivity index (χ1) is 16.4. The van der Waals surface area contributed by atoms with E-state index in [1.807, 2.05) is 4.90 Å². The molecule has 1 amide bonds. The maximum Gasteiger partial charge on any atom is 0.264 e. The second-order valence-electron chi connectivity index (χ2n) is 7.84. The SMILES string of the molecule is COc1ccc(N(CC(=O)N2CCN(c3ccccc3F)CC2)S(=O)(=O)c2ccccc2)cc1. The third-order valence-corrected chi connectivity index (χ3v) is 7.58. The standard InChI is InChI=1S/C25H26FN3O4S/c1-33-21-13-11-20(12-14-21)29(34(31,32)22-7-3-2-4-8-22)19-25(30)28-17-15-27(16-18-28)24-10-6-5-9-23(24)26/h2-14H,15-19H2,1H3. The summed E-state index contributed by atoms with van der Waals surface area (Å²) in [6, 6.07) is 21.1. The van der Waals surface area contributed by atoms with Crippen LogP contribution in [0.25, 0.3) is 0 Å². The number of para-hydroxylation sites is 1. The first-order valence-corrected chi connectivity index (χ1v) is 12.3. The zero-order valence-corrected chi connectivity index (χ0v) is 19.6. The topological polar surface area (TPSA) is 70.2 Å². The molecule has 9 heteroatoms. The van der Waals surface area contributed by atoms with E-state index < -0.39 is 10.0 Å². The number of hydrogen-bond donors (Lipinski definition) is 0. The lowest BCUT2D eigenvalue weighted by Crippen LogP contribution is -2.52. The zero-order chi connectivity index (χ0) is 24.1. The molecule has 34 heavy (non-hydrogen) atoms. The van der Waals surface area contributed by atoms with E-state index in [1.165, 1.54) is 25.3 Å². The van der Waals surface area contributed by atoms with E-state index in [-0.39, 0.29) is 23.2 Å². The van der Waals surface area contributed by atoms with E-state index in [2.05, 4.69) is 0 Å². The van der Waals surface area contributed by atoms with Gasteiger partial charge in [0.05, 0.1) is 23.4 Å². The highest BCUT2D eigenvalue weighted by Gasteiger charge is 2.30. The number of sulfonamides is 1. The van der Waals surface area contributed by atoms with Crippen molar-refractivity contribution in [2.75, 3.05) is 49.0 Å². The van der Waals surface area contributed by atoms with Crippen molar-refractivity contribution in [3.8, 4) is 5.75 Å². The number of anilines is 2. The summed E-state index contributed by atoms with van der Waals surface area (Å²) in [7, 11) is -2.46. The molecule has 1 aliphatic heterocycles. The summed E-state index contributed by atoms with van der Waals surface area (Å²) in [4.78, 5) is 16.8. The number of halogens is 1. The highest BCUT2D eigenvalue weighted by atomic mass is 32.2. The second kappa shape index (κ2) is 10.1. The summed E-state index contributed by atoms with van der Waals surface area (Å²) < 4.78 is 47.3. The number of piperazine rings is 1. The first kappa shape index (κ1) is 23.6. The Balaban J connectivity index is 1.53. The van der Waals surface area contributed by atoms with Crippen LogP contribution in [0.1, 0.15) is 0 Å². The number of ether oxygens (including phenoxy) is 1. The molecule has 1 saturated heterocycles. The Morgan fingerprint density at radius 3 is 2.15 bits per heavy atom. The molecule has 0 unspecified atom stereocenters. The van der Waals surface area contributed by atoms with Crippen molar-refractivity contribution in [1.29, 1.82) is 0 Å². The molecule has 178 valence electrons. The van der Waals surface area contributed by atoms with Gasteiger partial charge in [0.2, 0.25) is 5.91 Å². The number of nitrogens with zero attached hydrogens (tertiary/aromatic N) is 3. The van der Waals surface area contributed by atoms with E-state index in [0.29, 0.717) is 43.3 Å². The molecule has 0 saturated carbocycles. The monoisotopic (exact) mass is 483 g/mol. The van der Waals surface area contributed by atoms with Gasteiger partial charge in [0, 0.05) is 26.2 Å². The van der Waals surface area contributed by atoms with E-state index >= 15 is 0 Å². The quantitative estimate of drug-likeness (QED) is 0.515. The second-order valence-corrected chi connectivity index (χ2v) is 9.70. The van der Waals surface area contributed by atoms with Gasteiger partial charge in [-0.25, -0.2) is 12.8 Å². The molecule has 0 N–H and O–H groups in total. The van der Waals surface area contributed by atoms with Crippen LogP contribution in [0.4, 0.5) is 15.8 Å². The Morgan fingerprint density at radius 1 is 0.912 bits per heavy atom. The number of benzene rings is 3. The van der Waals surface area contributed by atoms with Crippen LogP contribution in [0, 0.1) is 5.82 Å². The van der Waals surface area contributed by atoms with Crippen LogP contribution >= 0.6 is 0 Å². The number of hydrogen-bond acceptors (Lipinski definition) is 5. The normalized spacial score (nSPS) is 14.1. The van der Waals surface area contributed by atoms with Gasteiger partial charge in [0.1, 0.15) is 18.1 Å². The Kier molecular flexibility index (Phi) is 7.02. The molecule has 3 aromatic carbocycles. The molecule has 0 aliphatic carbocycles. The Morgan fingerprint density at radius 2 is 1.53 bits per heavy atom. The molecule has 4 rings (SSSR count). The van der Waals surface area contributed by atoms with Crippen LogP contribution in [0.5, 0.6) is 5.75 Å². The van der Waals surface area contributed by atoms with Gasteiger partial charge in [-0.1, -0.05) is 30.3 Å². The van der Waals surface area contributed by atoms with Crippen molar-refractivity contribution in [2.24, 2.45) is 0 Å². The predicted molar refractivity (Wildman–Crippen MR) is 129 cm³/mol. The molecule has 1 aliphatic rings. The highest BCUT2D eigenvalue weighted by Crippen LogP contribution is 2.26. The molecule has 0 radical (unpaired) electrons. The van der Waals surface area contributed by atoms with Gasteiger partial charge in [-0.2, -0.15) is 0 Å². The van der Waals surface area contributed by atoms with Gasteiger partial charge in [-0.15, -0.1) is 0 Å². The minimum Gasteiger partial charge on any atom is -0.497 e. The van der Waals surface area contributed by atoms with E-state index in [4.69, 9.17) is 4.74 Å². The third-order valence-electron chi connectivity index (χ3n) is 5.80. The van der Waals surface area contributed by atoms with Crippen LogP contribution < -0.4 is 13.9 Å². The molecular weight excluding hydrogens is 457 g/mol. The van der Waals surface area contributed by atoms with Crippen LogP contribution in [0.2, 0.25) is 0 Å². The van der Waals surface area contributed by atoms with Crippen LogP contribution in [-0.4, -0.2) is 59.1 Å². The summed E-state index contributed by atoms with van der Waals surface area (Å²) >= 11 is 0. The number of rotatable bonds is 7. The van der Waals surface area contributed by atoms with Gasteiger partial charge in [-0.05, 0) is 48.5 Å². The Hall–Kier alpha value is -3.59. The largest absolute Gasteiger partial charge is 0.497 e. The summed E-state index contributed by atoms with van der Waals surface area (Å²) in [5, 5.41) is 0. The van der Waals surface area contributed by atoms with Crippen molar-refractivity contribution in [2.45, 2.75) is 4.90 Å². The van der Waals surface area contributed by atoms with Crippen LogP contribution in [0.15, 0.2) is 83.8 Å². The molecule has 3 aromatic rings. The van der Waals surface area contributed by atoms with Gasteiger partial charge in [-0.3, -0.25) is 9.10 Å². The Labute approximate surface area is 199 Å². The van der Waals surface area contributed by atoms with Crippen molar-refractivity contribution < 1.29 is 22.3 Å². The smallest absolute Gasteiger partial charge is 0.264 e.